The number of ketones is 1. The molecule has 23 heavy (non-hydrogen) atoms. The third-order valence-electron chi connectivity index (χ3n) is 3.84. The second-order valence-corrected chi connectivity index (χ2v) is 5.66. The van der Waals surface area contributed by atoms with Gasteiger partial charge in [-0.3, -0.25) is 9.79 Å². The van der Waals surface area contributed by atoms with E-state index in [1.807, 2.05) is 20.8 Å². The van der Waals surface area contributed by atoms with Crippen molar-refractivity contribution in [1.29, 1.82) is 0 Å². The Morgan fingerprint density at radius 1 is 1.09 bits per heavy atom. The van der Waals surface area contributed by atoms with Crippen molar-refractivity contribution in [2.75, 3.05) is 0 Å². The van der Waals surface area contributed by atoms with Crippen molar-refractivity contribution in [1.82, 2.24) is 0 Å². The van der Waals surface area contributed by atoms with E-state index in [1.54, 1.807) is 0 Å². The fourth-order valence-corrected chi connectivity index (χ4v) is 2.41. The summed E-state index contributed by atoms with van der Waals surface area (Å²) in [5.74, 6) is 1.02. The Morgan fingerprint density at radius 3 is 2.13 bits per heavy atom. The van der Waals surface area contributed by atoms with E-state index in [-0.39, 0.29) is 29.9 Å². The molecule has 3 heteroatoms. The molecule has 2 nitrogen and oxygen atoms in total. The molecule has 0 heterocycles. The lowest BCUT2D eigenvalue weighted by atomic mass is 9.92. The van der Waals surface area contributed by atoms with Gasteiger partial charge in [0.1, 0.15) is 5.78 Å². The predicted molar refractivity (Wildman–Crippen MR) is 116 cm³/mol. The number of nitrogens with zero attached hydrogens (tertiary/aromatic N) is 1. The number of hydrogen-bond acceptors (Lipinski definition) is 2. The van der Waals surface area contributed by atoms with Crippen molar-refractivity contribution in [2.45, 2.75) is 92.9 Å². The summed E-state index contributed by atoms with van der Waals surface area (Å²) in [4.78, 5) is 16.4. The van der Waals surface area contributed by atoms with Gasteiger partial charge in [0.15, 0.2) is 0 Å². The molecule has 0 saturated carbocycles. The van der Waals surface area contributed by atoms with E-state index in [0.29, 0.717) is 18.1 Å². The molecule has 0 saturated heterocycles. The number of carbonyl (C=O) groups excluding carboxylic acids is 1. The van der Waals surface area contributed by atoms with Gasteiger partial charge in [-0.25, -0.2) is 0 Å². The second-order valence-electron chi connectivity index (χ2n) is 5.66. The lowest BCUT2D eigenvalue weighted by Gasteiger charge is -2.14. The number of halogens is 1. The number of unbranched alkanes of at least 4 members (excludes halogenated alkanes) is 1. The van der Waals surface area contributed by atoms with Gasteiger partial charge in [-0.15, -0.1) is 24.0 Å². The molecule has 0 fully saturated rings. The number of Topliss-reactive ketones (excluding diaryl/α,β-unsaturated/α-hetero) is 1. The molecule has 0 aliphatic carbocycles. The first-order chi connectivity index (χ1) is 10.6. The minimum absolute atomic E-state index is 0. The summed E-state index contributed by atoms with van der Waals surface area (Å²) >= 11 is 0. The van der Waals surface area contributed by atoms with Crippen molar-refractivity contribution in [3.63, 3.8) is 0 Å². The summed E-state index contributed by atoms with van der Waals surface area (Å²) in [6.45, 7) is 16.5. The van der Waals surface area contributed by atoms with Crippen LogP contribution in [-0.4, -0.2) is 12.0 Å². The second kappa shape index (κ2) is 19.9. The average Bonchev–Trinajstić information content (AvgIpc) is 2.55. The highest BCUT2D eigenvalue weighted by atomic mass is 127. The van der Waals surface area contributed by atoms with Crippen molar-refractivity contribution < 1.29 is 4.79 Å². The SMILES string of the molecule is C=C(CC(CCC)C(=O)CC)N=CC(CC)CCCC.CC.I. The Morgan fingerprint density at radius 2 is 1.70 bits per heavy atom. The van der Waals surface area contributed by atoms with Crippen LogP contribution in [0, 0.1) is 11.8 Å². The van der Waals surface area contributed by atoms with E-state index in [2.05, 4.69) is 38.6 Å². The Bertz CT molecular complexity index is 313. The van der Waals surface area contributed by atoms with E-state index >= 15 is 0 Å². The van der Waals surface area contributed by atoms with Crippen LogP contribution in [0.1, 0.15) is 92.9 Å². The molecule has 0 aromatic rings. The molecule has 0 amide bonds. The van der Waals surface area contributed by atoms with Crippen LogP contribution in [0.3, 0.4) is 0 Å². The van der Waals surface area contributed by atoms with E-state index in [9.17, 15) is 4.79 Å². The predicted octanol–water partition coefficient (Wildman–Crippen LogP) is 7.22. The molecule has 0 rings (SSSR count). The van der Waals surface area contributed by atoms with Gasteiger partial charge in [-0.05, 0) is 31.6 Å². The van der Waals surface area contributed by atoms with Gasteiger partial charge >= 0.3 is 0 Å². The summed E-state index contributed by atoms with van der Waals surface area (Å²) in [5, 5.41) is 0. The molecule has 2 atom stereocenters. The van der Waals surface area contributed by atoms with E-state index in [1.165, 1.54) is 19.3 Å². The molecular weight excluding hydrogens is 397 g/mol. The summed E-state index contributed by atoms with van der Waals surface area (Å²) < 4.78 is 0. The topological polar surface area (TPSA) is 29.4 Å². The van der Waals surface area contributed by atoms with Crippen molar-refractivity contribution in [2.24, 2.45) is 16.8 Å². The van der Waals surface area contributed by atoms with Gasteiger partial charge in [0.2, 0.25) is 0 Å². The Kier molecular flexibility index (Phi) is 23.9. The van der Waals surface area contributed by atoms with Gasteiger partial charge in [-0.2, -0.15) is 0 Å². The zero-order valence-electron chi connectivity index (χ0n) is 16.4. The number of carbonyl (C=O) groups is 1. The molecular formula is C20H40INO. The summed E-state index contributed by atoms with van der Waals surface area (Å²) in [5.41, 5.74) is 0.861. The largest absolute Gasteiger partial charge is 0.299 e. The van der Waals surface area contributed by atoms with Crippen LogP contribution < -0.4 is 0 Å². The highest BCUT2D eigenvalue weighted by molar-refractivity contribution is 14.0. The molecule has 0 bridgehead atoms. The number of hydrogen-bond donors (Lipinski definition) is 0. The van der Waals surface area contributed by atoms with Gasteiger partial charge in [0.05, 0.1) is 0 Å². The first-order valence-corrected chi connectivity index (χ1v) is 9.33. The summed E-state index contributed by atoms with van der Waals surface area (Å²) in [7, 11) is 0. The van der Waals surface area contributed by atoms with Gasteiger partial charge < -0.3 is 0 Å². The number of aliphatic imine (C=N–C) groups is 1. The van der Waals surface area contributed by atoms with Gasteiger partial charge in [0, 0.05) is 24.3 Å². The van der Waals surface area contributed by atoms with Crippen LogP contribution in [0.25, 0.3) is 0 Å². The third-order valence-corrected chi connectivity index (χ3v) is 3.84. The molecule has 2 unspecified atom stereocenters. The lowest BCUT2D eigenvalue weighted by Crippen LogP contribution is -2.14. The minimum atomic E-state index is 0. The standard InChI is InChI=1S/C18H33NO.C2H6.HI/c1-6-10-12-16(8-3)14-19-15(5)13-17(11-7-2)18(20)9-4;1-2;/h14,16-17H,5-13H2,1-4H3;1-2H3;1H. The zero-order valence-corrected chi connectivity index (χ0v) is 18.7. The maximum absolute atomic E-state index is 11.9. The normalized spacial score (nSPS) is 12.8. The third kappa shape index (κ3) is 15.1. The fourth-order valence-electron chi connectivity index (χ4n) is 2.41. The van der Waals surface area contributed by atoms with Gasteiger partial charge in [0.25, 0.3) is 0 Å². The maximum atomic E-state index is 11.9. The van der Waals surface area contributed by atoms with Crippen LogP contribution in [0.5, 0.6) is 0 Å². The first-order valence-electron chi connectivity index (χ1n) is 9.33. The molecule has 0 spiro atoms. The minimum Gasteiger partial charge on any atom is -0.299 e. The van der Waals surface area contributed by atoms with Crippen LogP contribution in [0.2, 0.25) is 0 Å². The van der Waals surface area contributed by atoms with Gasteiger partial charge in [-0.1, -0.05) is 67.4 Å². The molecule has 0 aliphatic rings. The molecule has 0 N–H and O–H groups in total. The Balaban J connectivity index is -0.00000128. The molecule has 0 radical (unpaired) electrons. The first kappa shape index (κ1) is 27.6. The van der Waals surface area contributed by atoms with Crippen LogP contribution in [0.15, 0.2) is 17.3 Å². The van der Waals surface area contributed by atoms with Crippen LogP contribution in [0.4, 0.5) is 0 Å². The highest BCUT2D eigenvalue weighted by Crippen LogP contribution is 2.20. The summed E-state index contributed by atoms with van der Waals surface area (Å²) in [6, 6.07) is 0. The Labute approximate surface area is 162 Å². The number of rotatable bonds is 12. The van der Waals surface area contributed by atoms with E-state index < -0.39 is 0 Å². The summed E-state index contributed by atoms with van der Waals surface area (Å²) in [6.07, 6.45) is 10.2. The quantitative estimate of drug-likeness (QED) is 0.234. The average molecular weight is 437 g/mol. The van der Waals surface area contributed by atoms with E-state index in [0.717, 1.165) is 31.4 Å². The highest BCUT2D eigenvalue weighted by Gasteiger charge is 2.16. The van der Waals surface area contributed by atoms with E-state index in [4.69, 9.17) is 0 Å². The fraction of sp³-hybridized carbons (Fsp3) is 0.800. The van der Waals surface area contributed by atoms with Crippen molar-refractivity contribution in [3.05, 3.63) is 12.3 Å². The van der Waals surface area contributed by atoms with Crippen LogP contribution >= 0.6 is 24.0 Å². The molecule has 0 aliphatic heterocycles. The molecule has 0 aromatic carbocycles. The monoisotopic (exact) mass is 437 g/mol. The lowest BCUT2D eigenvalue weighted by molar-refractivity contribution is -0.122. The smallest absolute Gasteiger partial charge is 0.136 e. The van der Waals surface area contributed by atoms with Crippen LogP contribution in [-0.2, 0) is 4.79 Å². The molecule has 0 aromatic heterocycles. The Hall–Kier alpha value is -0.190. The number of allylic oxidation sites excluding steroid dienone is 1. The van der Waals surface area contributed by atoms with Crippen molar-refractivity contribution in [3.8, 4) is 0 Å². The zero-order chi connectivity index (χ0) is 17.4. The maximum Gasteiger partial charge on any atom is 0.136 e. The molecule has 138 valence electrons. The van der Waals surface area contributed by atoms with Crippen molar-refractivity contribution >= 4 is 36.0 Å².